The molecule has 1 aliphatic rings. The monoisotopic (exact) mass is 159 g/mol. The standard InChI is InChI=1S/C7H13NO3/c1-3-10-6(9)7(2)4-8-5-11-7/h8H,3-5H2,1-2H3. The molecular weight excluding hydrogens is 146 g/mol. The van der Waals surface area contributed by atoms with Crippen LogP contribution in [0.25, 0.3) is 0 Å². The summed E-state index contributed by atoms with van der Waals surface area (Å²) in [4.78, 5) is 11.2. The van der Waals surface area contributed by atoms with Gasteiger partial charge in [0, 0.05) is 6.54 Å². The summed E-state index contributed by atoms with van der Waals surface area (Å²) >= 11 is 0. The van der Waals surface area contributed by atoms with Gasteiger partial charge in [0.05, 0.1) is 13.3 Å². The molecule has 0 aliphatic carbocycles. The first-order valence-corrected chi connectivity index (χ1v) is 3.71. The Bertz CT molecular complexity index is 152. The molecule has 0 saturated carbocycles. The number of nitrogens with one attached hydrogen (secondary N) is 1. The third-order valence-corrected chi connectivity index (χ3v) is 1.66. The Morgan fingerprint density at radius 1 is 1.82 bits per heavy atom. The van der Waals surface area contributed by atoms with Crippen LogP contribution in [0.3, 0.4) is 0 Å². The summed E-state index contributed by atoms with van der Waals surface area (Å²) in [5, 5.41) is 2.93. The number of hydrogen-bond donors (Lipinski definition) is 1. The lowest BCUT2D eigenvalue weighted by Crippen LogP contribution is -2.40. The maximum absolute atomic E-state index is 11.2. The second kappa shape index (κ2) is 3.19. The molecule has 0 spiro atoms. The zero-order valence-electron chi connectivity index (χ0n) is 6.85. The maximum atomic E-state index is 11.2. The highest BCUT2D eigenvalue weighted by Crippen LogP contribution is 2.15. The predicted octanol–water partition coefficient (Wildman–Crippen LogP) is -0.114. The summed E-state index contributed by atoms with van der Waals surface area (Å²) in [6.45, 7) is 4.87. The molecule has 4 heteroatoms. The van der Waals surface area contributed by atoms with E-state index in [1.54, 1.807) is 13.8 Å². The van der Waals surface area contributed by atoms with Gasteiger partial charge in [-0.25, -0.2) is 4.79 Å². The van der Waals surface area contributed by atoms with Crippen molar-refractivity contribution in [1.29, 1.82) is 0 Å². The zero-order valence-corrected chi connectivity index (χ0v) is 6.85. The average molecular weight is 159 g/mol. The van der Waals surface area contributed by atoms with Crippen molar-refractivity contribution in [3.8, 4) is 0 Å². The van der Waals surface area contributed by atoms with Crippen LogP contribution in [0.5, 0.6) is 0 Å². The number of esters is 1. The Kier molecular flexibility index (Phi) is 2.46. The van der Waals surface area contributed by atoms with Gasteiger partial charge in [0.2, 0.25) is 0 Å². The van der Waals surface area contributed by atoms with Gasteiger partial charge in [-0.05, 0) is 13.8 Å². The van der Waals surface area contributed by atoms with Gasteiger partial charge in [0.25, 0.3) is 0 Å². The fourth-order valence-electron chi connectivity index (χ4n) is 0.966. The van der Waals surface area contributed by atoms with Crippen LogP contribution in [0.15, 0.2) is 0 Å². The van der Waals surface area contributed by atoms with Gasteiger partial charge in [0.1, 0.15) is 0 Å². The molecule has 1 N–H and O–H groups in total. The summed E-state index contributed by atoms with van der Waals surface area (Å²) < 4.78 is 9.99. The van der Waals surface area contributed by atoms with Gasteiger partial charge < -0.3 is 9.47 Å². The molecule has 0 aromatic carbocycles. The Balaban J connectivity index is 2.49. The summed E-state index contributed by atoms with van der Waals surface area (Å²) in [5.41, 5.74) is -0.768. The molecule has 64 valence electrons. The highest BCUT2D eigenvalue weighted by Gasteiger charge is 2.39. The van der Waals surface area contributed by atoms with E-state index in [1.165, 1.54) is 0 Å². The second-order valence-corrected chi connectivity index (χ2v) is 2.67. The minimum Gasteiger partial charge on any atom is -0.464 e. The molecule has 1 saturated heterocycles. The lowest BCUT2D eigenvalue weighted by atomic mass is 10.1. The van der Waals surface area contributed by atoms with Crippen molar-refractivity contribution < 1.29 is 14.3 Å². The highest BCUT2D eigenvalue weighted by molar-refractivity contribution is 5.79. The Morgan fingerprint density at radius 3 is 3.00 bits per heavy atom. The summed E-state index contributed by atoms with van der Waals surface area (Å²) in [6, 6.07) is 0. The molecule has 1 unspecified atom stereocenters. The number of carbonyl (C=O) groups excluding carboxylic acids is 1. The summed E-state index contributed by atoms with van der Waals surface area (Å²) in [7, 11) is 0. The van der Waals surface area contributed by atoms with Gasteiger partial charge in [-0.15, -0.1) is 0 Å². The largest absolute Gasteiger partial charge is 0.464 e. The van der Waals surface area contributed by atoms with Crippen molar-refractivity contribution in [2.24, 2.45) is 0 Å². The molecule has 0 radical (unpaired) electrons. The Labute approximate surface area is 65.9 Å². The minimum atomic E-state index is -0.768. The fourth-order valence-corrected chi connectivity index (χ4v) is 0.966. The molecule has 1 heterocycles. The molecule has 11 heavy (non-hydrogen) atoms. The zero-order chi connectivity index (χ0) is 8.32. The first kappa shape index (κ1) is 8.49. The van der Waals surface area contributed by atoms with E-state index < -0.39 is 5.60 Å². The Hall–Kier alpha value is -0.610. The van der Waals surface area contributed by atoms with Crippen molar-refractivity contribution in [3.63, 3.8) is 0 Å². The van der Waals surface area contributed by atoms with Crippen LogP contribution < -0.4 is 5.32 Å². The number of rotatable bonds is 2. The van der Waals surface area contributed by atoms with E-state index in [2.05, 4.69) is 5.32 Å². The minimum absolute atomic E-state index is 0.287. The molecule has 0 amide bonds. The van der Waals surface area contributed by atoms with Crippen LogP contribution in [-0.4, -0.2) is 31.5 Å². The molecule has 0 aromatic rings. The van der Waals surface area contributed by atoms with Crippen molar-refractivity contribution in [2.75, 3.05) is 19.9 Å². The van der Waals surface area contributed by atoms with Crippen molar-refractivity contribution in [3.05, 3.63) is 0 Å². The number of ether oxygens (including phenoxy) is 2. The second-order valence-electron chi connectivity index (χ2n) is 2.67. The van der Waals surface area contributed by atoms with E-state index in [1.807, 2.05) is 0 Å². The summed E-state index contributed by atoms with van der Waals surface area (Å²) in [5.74, 6) is -0.287. The van der Waals surface area contributed by atoms with Crippen LogP contribution >= 0.6 is 0 Å². The van der Waals surface area contributed by atoms with Gasteiger partial charge in [0.15, 0.2) is 5.60 Å². The van der Waals surface area contributed by atoms with Gasteiger partial charge in [-0.3, -0.25) is 5.32 Å². The van der Waals surface area contributed by atoms with Crippen molar-refractivity contribution >= 4 is 5.97 Å². The molecule has 0 bridgehead atoms. The van der Waals surface area contributed by atoms with E-state index in [4.69, 9.17) is 9.47 Å². The van der Waals surface area contributed by atoms with E-state index in [-0.39, 0.29) is 5.97 Å². The SMILES string of the molecule is CCOC(=O)C1(C)CNCO1. The third-order valence-electron chi connectivity index (χ3n) is 1.66. The fraction of sp³-hybridized carbons (Fsp3) is 0.857. The average Bonchev–Trinajstić information content (AvgIpc) is 2.38. The molecular formula is C7H13NO3. The van der Waals surface area contributed by atoms with Crippen LogP contribution in [0, 0.1) is 0 Å². The van der Waals surface area contributed by atoms with Gasteiger partial charge in [-0.1, -0.05) is 0 Å². The summed E-state index contributed by atoms with van der Waals surface area (Å²) in [6.07, 6.45) is 0. The number of carbonyl (C=O) groups is 1. The highest BCUT2D eigenvalue weighted by atomic mass is 16.6. The van der Waals surface area contributed by atoms with E-state index in [0.717, 1.165) is 0 Å². The van der Waals surface area contributed by atoms with E-state index in [9.17, 15) is 4.79 Å². The lowest BCUT2D eigenvalue weighted by molar-refractivity contribution is -0.163. The van der Waals surface area contributed by atoms with Crippen molar-refractivity contribution in [2.45, 2.75) is 19.4 Å². The number of hydrogen-bond acceptors (Lipinski definition) is 4. The molecule has 1 rings (SSSR count). The first-order chi connectivity index (χ1) is 5.19. The smallest absolute Gasteiger partial charge is 0.339 e. The topological polar surface area (TPSA) is 47.6 Å². The first-order valence-electron chi connectivity index (χ1n) is 3.71. The predicted molar refractivity (Wildman–Crippen MR) is 39.0 cm³/mol. The normalized spacial score (nSPS) is 30.4. The van der Waals surface area contributed by atoms with E-state index in [0.29, 0.717) is 19.9 Å². The third kappa shape index (κ3) is 1.70. The lowest BCUT2D eigenvalue weighted by Gasteiger charge is -2.18. The maximum Gasteiger partial charge on any atom is 0.339 e. The van der Waals surface area contributed by atoms with Crippen LogP contribution in [0.2, 0.25) is 0 Å². The molecule has 1 fully saturated rings. The Morgan fingerprint density at radius 2 is 2.55 bits per heavy atom. The van der Waals surface area contributed by atoms with Crippen LogP contribution in [0.1, 0.15) is 13.8 Å². The molecule has 4 nitrogen and oxygen atoms in total. The van der Waals surface area contributed by atoms with Crippen LogP contribution in [0.4, 0.5) is 0 Å². The molecule has 1 aliphatic heterocycles. The quantitative estimate of drug-likeness (QED) is 0.571. The molecule has 1 atom stereocenters. The van der Waals surface area contributed by atoms with Crippen LogP contribution in [-0.2, 0) is 14.3 Å². The van der Waals surface area contributed by atoms with Crippen molar-refractivity contribution in [1.82, 2.24) is 5.32 Å². The van der Waals surface area contributed by atoms with Gasteiger partial charge >= 0.3 is 5.97 Å². The van der Waals surface area contributed by atoms with Gasteiger partial charge in [-0.2, -0.15) is 0 Å². The van der Waals surface area contributed by atoms with E-state index >= 15 is 0 Å². The molecule has 0 aromatic heterocycles.